The van der Waals surface area contributed by atoms with E-state index in [0.717, 1.165) is 31.7 Å². The summed E-state index contributed by atoms with van der Waals surface area (Å²) in [5.41, 5.74) is 3.65. The zero-order chi connectivity index (χ0) is 15.6. The van der Waals surface area contributed by atoms with Crippen LogP contribution in [0.5, 0.6) is 5.75 Å². The van der Waals surface area contributed by atoms with Crippen LogP contribution in [0.3, 0.4) is 0 Å². The molecule has 0 saturated carbocycles. The highest BCUT2D eigenvalue weighted by Gasteiger charge is 1.99. The van der Waals surface area contributed by atoms with Crippen molar-refractivity contribution in [3.05, 3.63) is 65.2 Å². The van der Waals surface area contributed by atoms with Crippen LogP contribution in [0.15, 0.2) is 48.5 Å². The summed E-state index contributed by atoms with van der Waals surface area (Å²) in [5, 5.41) is 12.1. The Morgan fingerprint density at radius 1 is 1.00 bits per heavy atom. The van der Waals surface area contributed by atoms with Crippen LogP contribution < -0.4 is 10.1 Å². The summed E-state index contributed by atoms with van der Waals surface area (Å²) >= 11 is 0. The first-order valence-electron chi connectivity index (χ1n) is 7.87. The number of rotatable bonds is 9. The minimum absolute atomic E-state index is 0.268. The van der Waals surface area contributed by atoms with Crippen molar-refractivity contribution in [3.8, 4) is 5.75 Å². The van der Waals surface area contributed by atoms with Gasteiger partial charge in [-0.05, 0) is 49.6 Å². The SMILES string of the molecule is Cc1ccc(COc2cccc(CNCCCCO)c2)cc1. The highest BCUT2D eigenvalue weighted by molar-refractivity contribution is 5.29. The van der Waals surface area contributed by atoms with Gasteiger partial charge in [-0.15, -0.1) is 0 Å². The monoisotopic (exact) mass is 299 g/mol. The van der Waals surface area contributed by atoms with Crippen LogP contribution in [0.2, 0.25) is 0 Å². The van der Waals surface area contributed by atoms with Crippen molar-refractivity contribution < 1.29 is 9.84 Å². The molecule has 3 heteroatoms. The van der Waals surface area contributed by atoms with E-state index in [1.54, 1.807) is 0 Å². The lowest BCUT2D eigenvalue weighted by Gasteiger charge is -2.09. The maximum Gasteiger partial charge on any atom is 0.120 e. The first-order chi connectivity index (χ1) is 10.8. The molecule has 0 radical (unpaired) electrons. The lowest BCUT2D eigenvalue weighted by Crippen LogP contribution is -2.15. The van der Waals surface area contributed by atoms with Crippen LogP contribution in [-0.4, -0.2) is 18.3 Å². The Balaban J connectivity index is 1.79. The molecule has 22 heavy (non-hydrogen) atoms. The molecule has 0 aliphatic heterocycles. The molecule has 118 valence electrons. The van der Waals surface area contributed by atoms with Gasteiger partial charge in [0.25, 0.3) is 0 Å². The highest BCUT2D eigenvalue weighted by Crippen LogP contribution is 2.15. The van der Waals surface area contributed by atoms with Crippen molar-refractivity contribution in [1.29, 1.82) is 0 Å². The van der Waals surface area contributed by atoms with Crippen LogP contribution >= 0.6 is 0 Å². The van der Waals surface area contributed by atoms with E-state index in [2.05, 4.69) is 48.6 Å². The summed E-state index contributed by atoms with van der Waals surface area (Å²) in [6, 6.07) is 16.6. The normalized spacial score (nSPS) is 10.6. The summed E-state index contributed by atoms with van der Waals surface area (Å²) in [6.07, 6.45) is 1.85. The Morgan fingerprint density at radius 2 is 1.82 bits per heavy atom. The minimum Gasteiger partial charge on any atom is -0.489 e. The molecule has 0 atom stereocenters. The lowest BCUT2D eigenvalue weighted by atomic mass is 10.1. The number of aliphatic hydroxyl groups is 1. The van der Waals surface area contributed by atoms with E-state index in [1.807, 2.05) is 12.1 Å². The Labute approximate surface area is 133 Å². The zero-order valence-electron chi connectivity index (χ0n) is 13.2. The molecular formula is C19H25NO2. The number of hydrogen-bond acceptors (Lipinski definition) is 3. The van der Waals surface area contributed by atoms with E-state index in [0.29, 0.717) is 6.61 Å². The van der Waals surface area contributed by atoms with Gasteiger partial charge in [0.1, 0.15) is 12.4 Å². The average molecular weight is 299 g/mol. The molecule has 2 rings (SSSR count). The van der Waals surface area contributed by atoms with Gasteiger partial charge in [-0.25, -0.2) is 0 Å². The molecule has 0 heterocycles. The van der Waals surface area contributed by atoms with Crippen molar-refractivity contribution >= 4 is 0 Å². The number of benzene rings is 2. The van der Waals surface area contributed by atoms with Gasteiger partial charge in [0, 0.05) is 13.2 Å². The standard InChI is InChI=1S/C19H25NO2/c1-16-7-9-17(10-8-16)15-22-19-6-4-5-18(13-19)14-20-11-2-3-12-21/h4-10,13,20-21H,2-3,11-12,14-15H2,1H3. The molecule has 0 fully saturated rings. The van der Waals surface area contributed by atoms with Gasteiger partial charge in [-0.3, -0.25) is 0 Å². The Morgan fingerprint density at radius 3 is 2.59 bits per heavy atom. The maximum atomic E-state index is 8.74. The van der Waals surface area contributed by atoms with Crippen molar-refractivity contribution in [3.63, 3.8) is 0 Å². The largest absolute Gasteiger partial charge is 0.489 e. The Hall–Kier alpha value is -1.84. The molecule has 0 aliphatic carbocycles. The van der Waals surface area contributed by atoms with Crippen molar-refractivity contribution in [2.24, 2.45) is 0 Å². The Bertz CT molecular complexity index is 552. The highest BCUT2D eigenvalue weighted by atomic mass is 16.5. The number of ether oxygens (including phenoxy) is 1. The van der Waals surface area contributed by atoms with Gasteiger partial charge in [0.05, 0.1) is 0 Å². The van der Waals surface area contributed by atoms with E-state index in [-0.39, 0.29) is 6.61 Å². The number of nitrogens with one attached hydrogen (secondary N) is 1. The van der Waals surface area contributed by atoms with Gasteiger partial charge < -0.3 is 15.2 Å². The van der Waals surface area contributed by atoms with Crippen LogP contribution in [0.1, 0.15) is 29.5 Å². The summed E-state index contributed by atoms with van der Waals surface area (Å²) in [7, 11) is 0. The van der Waals surface area contributed by atoms with Gasteiger partial charge in [0.15, 0.2) is 0 Å². The third kappa shape index (κ3) is 5.88. The van der Waals surface area contributed by atoms with Crippen molar-refractivity contribution in [2.45, 2.75) is 32.9 Å². The molecule has 0 spiro atoms. The van der Waals surface area contributed by atoms with E-state index in [1.165, 1.54) is 16.7 Å². The number of unbranched alkanes of at least 4 members (excludes halogenated alkanes) is 1. The van der Waals surface area contributed by atoms with Gasteiger partial charge in [0.2, 0.25) is 0 Å². The fourth-order valence-electron chi connectivity index (χ4n) is 2.19. The minimum atomic E-state index is 0.268. The summed E-state index contributed by atoms with van der Waals surface area (Å²) in [5.74, 6) is 0.898. The molecule has 0 aliphatic rings. The predicted octanol–water partition coefficient (Wildman–Crippen LogP) is 3.44. The smallest absolute Gasteiger partial charge is 0.120 e. The first-order valence-corrected chi connectivity index (χ1v) is 7.87. The summed E-state index contributed by atoms with van der Waals surface area (Å²) in [4.78, 5) is 0. The third-order valence-corrected chi connectivity index (χ3v) is 3.52. The first kappa shape index (κ1) is 16.5. The van der Waals surface area contributed by atoms with E-state index >= 15 is 0 Å². The molecule has 2 N–H and O–H groups in total. The van der Waals surface area contributed by atoms with Crippen molar-refractivity contribution in [1.82, 2.24) is 5.32 Å². The second-order valence-electron chi connectivity index (χ2n) is 5.53. The lowest BCUT2D eigenvalue weighted by molar-refractivity contribution is 0.283. The van der Waals surface area contributed by atoms with Crippen molar-refractivity contribution in [2.75, 3.05) is 13.2 Å². The predicted molar refractivity (Wildman–Crippen MR) is 90.0 cm³/mol. The van der Waals surface area contributed by atoms with Crippen LogP contribution in [-0.2, 0) is 13.2 Å². The summed E-state index contributed by atoms with van der Waals surface area (Å²) < 4.78 is 5.86. The molecule has 0 saturated heterocycles. The topological polar surface area (TPSA) is 41.5 Å². The fraction of sp³-hybridized carbons (Fsp3) is 0.368. The quantitative estimate of drug-likeness (QED) is 0.697. The molecule has 0 amide bonds. The maximum absolute atomic E-state index is 8.74. The number of aliphatic hydroxyl groups excluding tert-OH is 1. The molecular weight excluding hydrogens is 274 g/mol. The van der Waals surface area contributed by atoms with E-state index < -0.39 is 0 Å². The fourth-order valence-corrected chi connectivity index (χ4v) is 2.19. The summed E-state index contributed by atoms with van der Waals surface area (Å²) in [6.45, 7) is 4.70. The molecule has 0 unspecified atom stereocenters. The second-order valence-corrected chi connectivity index (χ2v) is 5.53. The van der Waals surface area contributed by atoms with Crippen LogP contribution in [0.25, 0.3) is 0 Å². The Kier molecular flexibility index (Phi) is 6.94. The average Bonchev–Trinajstić information content (AvgIpc) is 2.55. The van der Waals surface area contributed by atoms with Crippen LogP contribution in [0.4, 0.5) is 0 Å². The van der Waals surface area contributed by atoms with Gasteiger partial charge in [-0.1, -0.05) is 42.0 Å². The molecule has 3 nitrogen and oxygen atoms in total. The van der Waals surface area contributed by atoms with E-state index in [4.69, 9.17) is 9.84 Å². The zero-order valence-corrected chi connectivity index (χ0v) is 13.2. The third-order valence-electron chi connectivity index (χ3n) is 3.52. The second kappa shape index (κ2) is 9.23. The van der Waals surface area contributed by atoms with E-state index in [9.17, 15) is 0 Å². The molecule has 0 aromatic heterocycles. The van der Waals surface area contributed by atoms with Gasteiger partial charge in [-0.2, -0.15) is 0 Å². The molecule has 2 aromatic rings. The van der Waals surface area contributed by atoms with Gasteiger partial charge >= 0.3 is 0 Å². The van der Waals surface area contributed by atoms with Crippen LogP contribution in [0, 0.1) is 6.92 Å². The molecule has 0 bridgehead atoms. The number of aryl methyl sites for hydroxylation is 1. The molecule has 2 aromatic carbocycles. The number of hydrogen-bond donors (Lipinski definition) is 2.